The van der Waals surface area contributed by atoms with Crippen LogP contribution in [0.15, 0.2) is 24.3 Å². The van der Waals surface area contributed by atoms with Crippen LogP contribution in [0, 0.1) is 17.8 Å². The van der Waals surface area contributed by atoms with Crippen molar-refractivity contribution in [3.63, 3.8) is 0 Å². The largest absolute Gasteiger partial charge is 0.298 e. The van der Waals surface area contributed by atoms with Crippen molar-refractivity contribution in [2.75, 3.05) is 0 Å². The Morgan fingerprint density at radius 1 is 0.944 bits per heavy atom. The SMILES string of the molecule is O=Cc1ccccc1C12CC3CC(CC(C3)C1)C2. The van der Waals surface area contributed by atoms with Gasteiger partial charge in [0, 0.05) is 5.56 Å². The van der Waals surface area contributed by atoms with Crippen LogP contribution in [0.2, 0.25) is 0 Å². The van der Waals surface area contributed by atoms with Gasteiger partial charge >= 0.3 is 0 Å². The third-order valence-corrected chi connectivity index (χ3v) is 5.70. The van der Waals surface area contributed by atoms with Crippen LogP contribution in [0.3, 0.4) is 0 Å². The molecule has 0 unspecified atom stereocenters. The average Bonchev–Trinajstić information content (AvgIpc) is 2.37. The van der Waals surface area contributed by atoms with E-state index in [9.17, 15) is 4.79 Å². The topological polar surface area (TPSA) is 17.1 Å². The second-order valence-electron chi connectivity index (χ2n) is 6.90. The van der Waals surface area contributed by atoms with Crippen LogP contribution in [0.1, 0.15) is 54.4 Å². The molecule has 4 aliphatic rings. The van der Waals surface area contributed by atoms with Gasteiger partial charge in [-0.3, -0.25) is 4.79 Å². The third kappa shape index (κ3) is 1.43. The lowest BCUT2D eigenvalue weighted by atomic mass is 9.47. The Hall–Kier alpha value is -1.11. The fourth-order valence-electron chi connectivity index (χ4n) is 5.52. The van der Waals surface area contributed by atoms with Gasteiger partial charge in [0.25, 0.3) is 0 Å². The van der Waals surface area contributed by atoms with Gasteiger partial charge in [-0.05, 0) is 67.3 Å². The Bertz CT molecular complexity index is 453. The summed E-state index contributed by atoms with van der Waals surface area (Å²) in [4.78, 5) is 11.3. The smallest absolute Gasteiger partial charge is 0.150 e. The maximum absolute atomic E-state index is 11.3. The minimum Gasteiger partial charge on any atom is -0.298 e. The molecule has 0 N–H and O–H groups in total. The summed E-state index contributed by atoms with van der Waals surface area (Å²) in [7, 11) is 0. The van der Waals surface area contributed by atoms with Gasteiger partial charge in [-0.25, -0.2) is 0 Å². The van der Waals surface area contributed by atoms with E-state index in [1.807, 2.05) is 12.1 Å². The van der Waals surface area contributed by atoms with E-state index in [2.05, 4.69) is 12.1 Å². The monoisotopic (exact) mass is 240 g/mol. The van der Waals surface area contributed by atoms with E-state index in [1.165, 1.54) is 44.1 Å². The third-order valence-electron chi connectivity index (χ3n) is 5.70. The molecule has 1 aromatic rings. The summed E-state index contributed by atoms with van der Waals surface area (Å²) in [5, 5.41) is 0. The van der Waals surface area contributed by atoms with Gasteiger partial charge < -0.3 is 0 Å². The van der Waals surface area contributed by atoms with E-state index in [0.717, 1.165) is 29.6 Å². The predicted molar refractivity (Wildman–Crippen MR) is 71.7 cm³/mol. The van der Waals surface area contributed by atoms with Crippen molar-refractivity contribution in [1.29, 1.82) is 0 Å². The van der Waals surface area contributed by atoms with Crippen molar-refractivity contribution in [2.24, 2.45) is 17.8 Å². The van der Waals surface area contributed by atoms with Crippen molar-refractivity contribution in [1.82, 2.24) is 0 Å². The fraction of sp³-hybridized carbons (Fsp3) is 0.588. The molecule has 94 valence electrons. The maximum Gasteiger partial charge on any atom is 0.150 e. The molecule has 4 fully saturated rings. The van der Waals surface area contributed by atoms with Crippen LogP contribution in [0.25, 0.3) is 0 Å². The molecule has 0 radical (unpaired) electrons. The first-order chi connectivity index (χ1) is 8.79. The van der Waals surface area contributed by atoms with Gasteiger partial charge in [0.15, 0.2) is 0 Å². The molecule has 0 aliphatic heterocycles. The Morgan fingerprint density at radius 3 is 2.06 bits per heavy atom. The molecule has 0 atom stereocenters. The number of benzene rings is 1. The van der Waals surface area contributed by atoms with Crippen LogP contribution in [-0.4, -0.2) is 6.29 Å². The highest BCUT2D eigenvalue weighted by atomic mass is 16.1. The van der Waals surface area contributed by atoms with Crippen molar-refractivity contribution >= 4 is 6.29 Å². The number of aldehydes is 1. The molecule has 0 spiro atoms. The molecule has 4 saturated carbocycles. The van der Waals surface area contributed by atoms with Crippen LogP contribution in [-0.2, 0) is 5.41 Å². The summed E-state index contributed by atoms with van der Waals surface area (Å²) in [6.07, 6.45) is 9.46. The van der Waals surface area contributed by atoms with Crippen molar-refractivity contribution in [2.45, 2.75) is 43.9 Å². The highest BCUT2D eigenvalue weighted by molar-refractivity contribution is 5.78. The van der Waals surface area contributed by atoms with Crippen LogP contribution >= 0.6 is 0 Å². The first kappa shape index (κ1) is 10.8. The summed E-state index contributed by atoms with van der Waals surface area (Å²) in [5.74, 6) is 2.82. The van der Waals surface area contributed by atoms with Crippen molar-refractivity contribution in [3.05, 3.63) is 35.4 Å². The normalized spacial score (nSPS) is 41.0. The molecule has 1 nitrogen and oxygen atoms in total. The van der Waals surface area contributed by atoms with Crippen LogP contribution in [0.5, 0.6) is 0 Å². The summed E-state index contributed by atoms with van der Waals surface area (Å²) in [6.45, 7) is 0. The minimum absolute atomic E-state index is 0.353. The van der Waals surface area contributed by atoms with Crippen molar-refractivity contribution < 1.29 is 4.79 Å². The summed E-state index contributed by atoms with van der Waals surface area (Å²) < 4.78 is 0. The molecule has 0 heterocycles. The number of carbonyl (C=O) groups excluding carboxylic acids is 1. The van der Waals surface area contributed by atoms with Gasteiger partial charge in [-0.2, -0.15) is 0 Å². The Morgan fingerprint density at radius 2 is 1.50 bits per heavy atom. The lowest BCUT2D eigenvalue weighted by Crippen LogP contribution is -2.48. The summed E-state index contributed by atoms with van der Waals surface area (Å²) in [6, 6.07) is 8.33. The Labute approximate surface area is 109 Å². The zero-order valence-electron chi connectivity index (χ0n) is 10.8. The quantitative estimate of drug-likeness (QED) is 0.715. The second-order valence-corrected chi connectivity index (χ2v) is 6.90. The Kier molecular flexibility index (Phi) is 2.21. The molecule has 4 bridgehead atoms. The maximum atomic E-state index is 11.3. The zero-order chi connectivity index (χ0) is 12.2. The van der Waals surface area contributed by atoms with Gasteiger partial charge in [0.2, 0.25) is 0 Å². The lowest BCUT2D eigenvalue weighted by molar-refractivity contribution is -0.00543. The first-order valence-corrected chi connectivity index (χ1v) is 7.34. The molecular formula is C17H20O. The molecule has 0 saturated heterocycles. The molecule has 0 amide bonds. The molecular weight excluding hydrogens is 220 g/mol. The first-order valence-electron chi connectivity index (χ1n) is 7.34. The van der Waals surface area contributed by atoms with E-state index in [1.54, 1.807) is 0 Å². The average molecular weight is 240 g/mol. The molecule has 4 aliphatic carbocycles. The van der Waals surface area contributed by atoms with E-state index in [-0.39, 0.29) is 0 Å². The number of rotatable bonds is 2. The molecule has 18 heavy (non-hydrogen) atoms. The standard InChI is InChI=1S/C17H20O/c18-11-15-3-1-2-4-16(15)17-8-12-5-13(9-17)7-14(6-12)10-17/h1-4,11-14H,5-10H2. The lowest BCUT2D eigenvalue weighted by Gasteiger charge is -2.57. The summed E-state index contributed by atoms with van der Waals surface area (Å²) >= 11 is 0. The predicted octanol–water partition coefficient (Wildman–Crippen LogP) is 3.97. The van der Waals surface area contributed by atoms with E-state index in [0.29, 0.717) is 5.41 Å². The molecule has 0 aromatic heterocycles. The number of hydrogen-bond acceptors (Lipinski definition) is 1. The van der Waals surface area contributed by atoms with E-state index < -0.39 is 0 Å². The minimum atomic E-state index is 0.353. The number of hydrogen-bond donors (Lipinski definition) is 0. The molecule has 5 rings (SSSR count). The van der Waals surface area contributed by atoms with Crippen LogP contribution in [0.4, 0.5) is 0 Å². The zero-order valence-corrected chi connectivity index (χ0v) is 10.8. The van der Waals surface area contributed by atoms with Crippen molar-refractivity contribution in [3.8, 4) is 0 Å². The second kappa shape index (κ2) is 3.69. The van der Waals surface area contributed by atoms with E-state index >= 15 is 0 Å². The van der Waals surface area contributed by atoms with Gasteiger partial charge in [-0.1, -0.05) is 24.3 Å². The van der Waals surface area contributed by atoms with E-state index in [4.69, 9.17) is 0 Å². The van der Waals surface area contributed by atoms with Crippen LogP contribution < -0.4 is 0 Å². The van der Waals surface area contributed by atoms with Gasteiger partial charge in [-0.15, -0.1) is 0 Å². The number of carbonyl (C=O) groups is 1. The highest BCUT2D eigenvalue weighted by Crippen LogP contribution is 2.60. The molecule has 1 aromatic carbocycles. The fourth-order valence-corrected chi connectivity index (χ4v) is 5.52. The van der Waals surface area contributed by atoms with Gasteiger partial charge in [0.05, 0.1) is 0 Å². The molecule has 1 heteroatoms. The highest BCUT2D eigenvalue weighted by Gasteiger charge is 2.51. The Balaban J connectivity index is 1.81. The van der Waals surface area contributed by atoms with Gasteiger partial charge in [0.1, 0.15) is 6.29 Å². The summed E-state index contributed by atoms with van der Waals surface area (Å²) in [5.41, 5.74) is 2.66.